The van der Waals surface area contributed by atoms with Crippen LogP contribution in [0.3, 0.4) is 0 Å². The largest absolute Gasteiger partial charge is 1.00 e. The molecule has 0 aromatic heterocycles. The first-order valence-electron chi connectivity index (χ1n) is 24.4. The van der Waals surface area contributed by atoms with Crippen LogP contribution in [0.4, 0.5) is 0 Å². The molecule has 0 fully saturated rings. The van der Waals surface area contributed by atoms with Gasteiger partial charge in [0.15, 0.2) is 0 Å². The van der Waals surface area contributed by atoms with E-state index < -0.39 is 23.9 Å². The molecule has 0 aliphatic carbocycles. The number of unbranched alkanes of at least 4 members (excludes halogenated alkanes) is 32. The van der Waals surface area contributed by atoms with E-state index in [-0.39, 0.29) is 55.2 Å². The molecule has 0 rings (SSSR count). The van der Waals surface area contributed by atoms with Crippen molar-refractivity contribution in [1.29, 1.82) is 0 Å². The van der Waals surface area contributed by atoms with Crippen LogP contribution in [-0.4, -0.2) is 29.3 Å². The van der Waals surface area contributed by atoms with E-state index in [1.54, 1.807) is 0 Å². The van der Waals surface area contributed by atoms with Crippen molar-refractivity contribution in [3.63, 3.8) is 0 Å². The van der Waals surface area contributed by atoms with Gasteiger partial charge in [0.05, 0.1) is 0 Å². The predicted molar refractivity (Wildman–Crippen MR) is 232 cm³/mol. The summed E-state index contributed by atoms with van der Waals surface area (Å²) in [5.41, 5.74) is 0. The minimum absolute atomic E-state index is 0. The van der Waals surface area contributed by atoms with E-state index in [0.29, 0.717) is 24.7 Å². The predicted octanol–water partition coefficient (Wildman–Crippen LogP) is 11.1. The third-order valence-corrected chi connectivity index (χ3v) is 10.5. The molecule has 0 atom stereocenters. The van der Waals surface area contributed by atoms with Crippen molar-refractivity contribution in [3.05, 3.63) is 0 Å². The molecule has 0 unspecified atom stereocenters. The van der Waals surface area contributed by atoms with Gasteiger partial charge in [-0.1, -0.05) is 233 Å². The zero-order valence-corrected chi connectivity index (χ0v) is 41.0. The maximum Gasteiger partial charge on any atom is 1.00 e. The van der Waals surface area contributed by atoms with Crippen LogP contribution in [0, 0.1) is 0 Å². The Balaban J connectivity index is -0.00000170. The summed E-state index contributed by atoms with van der Waals surface area (Å²) >= 11 is 0. The molecule has 0 saturated carbocycles. The Hall–Kier alpha value is -1.16. The van der Waals surface area contributed by atoms with Gasteiger partial charge in [-0.15, -0.1) is 0 Å². The summed E-state index contributed by atoms with van der Waals surface area (Å²) < 4.78 is 0. The van der Waals surface area contributed by atoms with Crippen molar-refractivity contribution in [2.45, 2.75) is 285 Å². The van der Waals surface area contributed by atoms with E-state index in [1.165, 1.54) is 161 Å². The van der Waals surface area contributed by atoms with Gasteiger partial charge in [0, 0.05) is 25.2 Å². The minimum atomic E-state index is -0.909. The number of nitrogens with zero attached hydrogens (tertiary/aromatic N) is 1. The van der Waals surface area contributed by atoms with Crippen molar-refractivity contribution in [1.82, 2.24) is 5.39 Å². The Bertz CT molecular complexity index is 804. The fraction of sp³-hybridized carbons (Fsp3) is 0.917. The van der Waals surface area contributed by atoms with Gasteiger partial charge in [0.25, 0.3) is 0 Å². The van der Waals surface area contributed by atoms with E-state index in [0.717, 1.165) is 51.4 Å². The molecule has 0 saturated heterocycles. The summed E-state index contributed by atoms with van der Waals surface area (Å²) in [4.78, 5) is 62.9. The van der Waals surface area contributed by atoms with Gasteiger partial charge in [0.1, 0.15) is 0 Å². The molecular formula is C48H92NNaO8. The van der Waals surface area contributed by atoms with E-state index in [4.69, 9.17) is 14.5 Å². The van der Waals surface area contributed by atoms with Crippen molar-refractivity contribution >= 4 is 23.9 Å². The van der Waals surface area contributed by atoms with Gasteiger partial charge in [-0.3, -0.25) is 14.4 Å². The molecule has 0 spiro atoms. The van der Waals surface area contributed by atoms with Crippen LogP contribution in [0.15, 0.2) is 0 Å². The number of carboxylic acid groups (broad SMARTS) is 1. The number of carbonyl (C=O) groups is 4. The molecule has 0 heterocycles. The van der Waals surface area contributed by atoms with Crippen LogP contribution < -0.4 is 34.7 Å². The van der Waals surface area contributed by atoms with Crippen LogP contribution in [0.5, 0.6) is 0 Å². The second-order valence-corrected chi connectivity index (χ2v) is 16.3. The average Bonchev–Trinajstić information content (AvgIpc) is 3.18. The normalized spacial score (nSPS) is 10.8. The summed E-state index contributed by atoms with van der Waals surface area (Å²) in [6, 6.07) is 0. The third kappa shape index (κ3) is 52.9. The standard InChI is InChI=1S/C36H69NO6.C12H24O2.Na/c1-4-7-10-13-16-19-22-25-28-31-34(38)41-37(42-35(39)32-29-26-23-20-17-14-11-8-5-2)43-36(40)33-30-27-24-21-18-15-12-9-6-3;1-2-3-4-5-6-7-8-9-10-11-12(13)14;/h4-33H2,1-3H3;2-11H2,1H3,(H,13,14);/q;;+1/p-1. The molecule has 0 bridgehead atoms. The first-order valence-corrected chi connectivity index (χ1v) is 24.4. The summed E-state index contributed by atoms with van der Waals surface area (Å²) in [7, 11) is 0. The Kier molecular flexibility index (Phi) is 54.8. The molecule has 10 heteroatoms. The third-order valence-electron chi connectivity index (χ3n) is 10.5. The molecule has 0 amide bonds. The minimum Gasteiger partial charge on any atom is -0.550 e. The molecule has 9 nitrogen and oxygen atoms in total. The van der Waals surface area contributed by atoms with Crippen LogP contribution in [0.2, 0.25) is 0 Å². The number of carbonyl (C=O) groups excluding carboxylic acids is 4. The van der Waals surface area contributed by atoms with Crippen molar-refractivity contribution in [2.24, 2.45) is 0 Å². The average molecular weight is 834 g/mol. The summed E-state index contributed by atoms with van der Waals surface area (Å²) in [5, 5.41) is 10.5. The summed E-state index contributed by atoms with van der Waals surface area (Å²) in [6.45, 7) is 8.88. The molecular weight excluding hydrogens is 742 g/mol. The van der Waals surface area contributed by atoms with Crippen LogP contribution >= 0.6 is 0 Å². The second-order valence-electron chi connectivity index (χ2n) is 16.3. The maximum atomic E-state index is 12.4. The monoisotopic (exact) mass is 834 g/mol. The van der Waals surface area contributed by atoms with Crippen LogP contribution in [0.25, 0.3) is 0 Å². The smallest absolute Gasteiger partial charge is 0.550 e. The number of hydrogen-bond donors (Lipinski definition) is 0. The second kappa shape index (κ2) is 52.0. The van der Waals surface area contributed by atoms with Crippen LogP contribution in [-0.2, 0) is 33.7 Å². The van der Waals surface area contributed by atoms with E-state index in [2.05, 4.69) is 27.7 Å². The topological polar surface area (TPSA) is 122 Å². The fourth-order valence-corrected chi connectivity index (χ4v) is 6.76. The van der Waals surface area contributed by atoms with Gasteiger partial charge < -0.3 is 24.4 Å². The first-order chi connectivity index (χ1) is 27.8. The molecule has 58 heavy (non-hydrogen) atoms. The quantitative estimate of drug-likeness (QED) is 0.0336. The molecule has 0 radical (unpaired) electrons. The summed E-state index contributed by atoms with van der Waals surface area (Å²) in [5.74, 6) is -2.59. The zero-order chi connectivity index (χ0) is 42.3. The van der Waals surface area contributed by atoms with Gasteiger partial charge in [0.2, 0.25) is 5.39 Å². The Morgan fingerprint density at radius 3 is 0.672 bits per heavy atom. The Morgan fingerprint density at radius 2 is 0.483 bits per heavy atom. The summed E-state index contributed by atoms with van der Waals surface area (Å²) in [6.07, 6.45) is 42.6. The van der Waals surface area contributed by atoms with Gasteiger partial charge in [-0.2, -0.15) is 0 Å². The number of aliphatic carboxylic acids is 1. The number of carboxylic acids is 1. The number of rotatable bonds is 43. The van der Waals surface area contributed by atoms with Gasteiger partial charge in [-0.05, 0) is 32.1 Å². The van der Waals surface area contributed by atoms with E-state index in [1.807, 2.05) is 0 Å². The molecule has 338 valence electrons. The van der Waals surface area contributed by atoms with Crippen molar-refractivity contribution in [2.75, 3.05) is 0 Å². The van der Waals surface area contributed by atoms with Gasteiger partial charge >= 0.3 is 47.5 Å². The Labute approximate surface area is 380 Å². The molecule has 0 aromatic carbocycles. The molecule has 0 aliphatic rings. The first kappa shape index (κ1) is 61.1. The Morgan fingerprint density at radius 1 is 0.310 bits per heavy atom. The number of hydrogen-bond acceptors (Lipinski definition) is 9. The molecule has 0 aliphatic heterocycles. The van der Waals surface area contributed by atoms with Gasteiger partial charge in [-0.25, -0.2) is 0 Å². The zero-order valence-electron chi connectivity index (χ0n) is 39.0. The van der Waals surface area contributed by atoms with E-state index >= 15 is 0 Å². The van der Waals surface area contributed by atoms with Crippen molar-refractivity contribution < 1.29 is 68.4 Å². The van der Waals surface area contributed by atoms with Crippen molar-refractivity contribution in [3.8, 4) is 0 Å². The van der Waals surface area contributed by atoms with E-state index in [9.17, 15) is 24.3 Å². The molecule has 0 N–H and O–H groups in total. The molecule has 0 aromatic rings. The fourth-order valence-electron chi connectivity index (χ4n) is 6.76. The SMILES string of the molecule is CCCCCCCCCCCC(=O)ON(OC(=O)CCCCCCCCCCC)OC(=O)CCCCCCCCCCC.CCCCCCCCCCCC(=O)[O-].[Na+]. The van der Waals surface area contributed by atoms with Crippen LogP contribution in [0.1, 0.15) is 285 Å². The maximum absolute atomic E-state index is 12.4.